The summed E-state index contributed by atoms with van der Waals surface area (Å²) in [6, 6.07) is 4.62. The molecule has 0 saturated heterocycles. The lowest BCUT2D eigenvalue weighted by Gasteiger charge is -2.08. The highest BCUT2D eigenvalue weighted by atomic mass is 35.5. The van der Waals surface area contributed by atoms with E-state index < -0.39 is 11.8 Å². The van der Waals surface area contributed by atoms with Gasteiger partial charge in [0, 0.05) is 19.1 Å². The fourth-order valence-corrected chi connectivity index (χ4v) is 2.10. The lowest BCUT2D eigenvalue weighted by Crippen LogP contribution is -2.12. The monoisotopic (exact) mass is 313 g/mol. The molecule has 0 radical (unpaired) electrons. The van der Waals surface area contributed by atoms with Crippen molar-refractivity contribution in [2.75, 3.05) is 13.7 Å². The Balaban J connectivity index is 2.35. The van der Waals surface area contributed by atoms with Crippen LogP contribution >= 0.6 is 11.6 Å². The maximum Gasteiger partial charge on any atom is 0.358 e. The summed E-state index contributed by atoms with van der Waals surface area (Å²) in [5.74, 6) is -1.73. The van der Waals surface area contributed by atoms with Gasteiger partial charge in [-0.3, -0.25) is 0 Å². The molecule has 112 valence electrons. The summed E-state index contributed by atoms with van der Waals surface area (Å²) in [6.07, 6.45) is 0.313. The topological polar surface area (TPSA) is 77.2 Å². The fourth-order valence-electron chi connectivity index (χ4n) is 1.90. The molecule has 0 saturated carbocycles. The normalized spacial score (nSPS) is 10.8. The number of carboxylic acid groups (broad SMARTS) is 1. The number of hydrogen-bond donors (Lipinski definition) is 1. The van der Waals surface area contributed by atoms with Crippen LogP contribution in [-0.2, 0) is 17.7 Å². The van der Waals surface area contributed by atoms with E-state index in [1.54, 1.807) is 12.1 Å². The molecular formula is C13H13ClFN3O3. The number of carboxylic acids is 1. The number of ether oxygens (including phenoxy) is 1. The van der Waals surface area contributed by atoms with Gasteiger partial charge in [0.1, 0.15) is 5.82 Å². The predicted molar refractivity (Wildman–Crippen MR) is 73.1 cm³/mol. The average Bonchev–Trinajstić information content (AvgIpc) is 2.84. The molecule has 0 unspecified atom stereocenters. The molecule has 0 aliphatic heterocycles. The summed E-state index contributed by atoms with van der Waals surface area (Å²) in [5.41, 5.74) is 0.529. The molecule has 0 bridgehead atoms. The molecular weight excluding hydrogens is 301 g/mol. The van der Waals surface area contributed by atoms with E-state index in [1.807, 2.05) is 0 Å². The van der Waals surface area contributed by atoms with Crippen LogP contribution in [0, 0.1) is 5.82 Å². The van der Waals surface area contributed by atoms with Crippen LogP contribution in [-0.4, -0.2) is 39.8 Å². The zero-order valence-corrected chi connectivity index (χ0v) is 12.0. The summed E-state index contributed by atoms with van der Waals surface area (Å²) in [5, 5.41) is 16.5. The third-order valence-corrected chi connectivity index (χ3v) is 3.23. The molecule has 8 heteroatoms. The van der Waals surface area contributed by atoms with Crippen molar-refractivity contribution in [1.82, 2.24) is 15.0 Å². The number of nitrogens with zero attached hydrogens (tertiary/aromatic N) is 3. The first-order valence-electron chi connectivity index (χ1n) is 6.12. The van der Waals surface area contributed by atoms with E-state index in [-0.39, 0.29) is 17.3 Å². The molecule has 0 fully saturated rings. The number of carbonyl (C=O) groups is 1. The molecule has 0 aliphatic carbocycles. The molecule has 1 aromatic heterocycles. The van der Waals surface area contributed by atoms with Crippen LogP contribution in [0.1, 0.15) is 21.7 Å². The second-order valence-corrected chi connectivity index (χ2v) is 4.71. The number of hydrogen-bond acceptors (Lipinski definition) is 4. The van der Waals surface area contributed by atoms with Crippen molar-refractivity contribution in [2.45, 2.75) is 13.0 Å². The second-order valence-electron chi connectivity index (χ2n) is 4.30. The molecule has 1 N–H and O–H groups in total. The van der Waals surface area contributed by atoms with Gasteiger partial charge in [-0.15, -0.1) is 5.10 Å². The number of halogens is 2. The summed E-state index contributed by atoms with van der Waals surface area (Å²) >= 11 is 5.72. The Kier molecular flexibility index (Phi) is 4.87. The Morgan fingerprint density at radius 1 is 1.52 bits per heavy atom. The third-order valence-electron chi connectivity index (χ3n) is 2.93. The fraction of sp³-hybridized carbons (Fsp3) is 0.308. The van der Waals surface area contributed by atoms with E-state index in [2.05, 4.69) is 10.3 Å². The molecule has 2 aromatic rings. The minimum absolute atomic E-state index is 0.00418. The van der Waals surface area contributed by atoms with Crippen molar-refractivity contribution in [1.29, 1.82) is 0 Å². The van der Waals surface area contributed by atoms with Crippen LogP contribution in [0.15, 0.2) is 18.2 Å². The first kappa shape index (κ1) is 15.4. The number of rotatable bonds is 6. The minimum Gasteiger partial charge on any atom is -0.476 e. The Morgan fingerprint density at radius 3 is 2.95 bits per heavy atom. The van der Waals surface area contributed by atoms with E-state index in [0.717, 1.165) is 0 Å². The van der Waals surface area contributed by atoms with Gasteiger partial charge in [0.25, 0.3) is 0 Å². The number of methoxy groups -OCH3 is 1. The molecule has 0 spiro atoms. The zero-order chi connectivity index (χ0) is 15.4. The Hall–Kier alpha value is -1.99. The second kappa shape index (κ2) is 6.64. The van der Waals surface area contributed by atoms with Gasteiger partial charge in [0.15, 0.2) is 5.69 Å². The maximum absolute atomic E-state index is 13.9. The lowest BCUT2D eigenvalue weighted by molar-refractivity contribution is 0.0688. The highest BCUT2D eigenvalue weighted by molar-refractivity contribution is 6.30. The third kappa shape index (κ3) is 3.37. The first-order chi connectivity index (χ1) is 10.0. The molecule has 2 rings (SSSR count). The van der Waals surface area contributed by atoms with E-state index in [0.29, 0.717) is 24.3 Å². The van der Waals surface area contributed by atoms with Crippen LogP contribution in [0.4, 0.5) is 4.39 Å². The van der Waals surface area contributed by atoms with Gasteiger partial charge in [0.2, 0.25) is 0 Å². The van der Waals surface area contributed by atoms with Gasteiger partial charge >= 0.3 is 5.97 Å². The van der Waals surface area contributed by atoms with Gasteiger partial charge in [-0.25, -0.2) is 13.9 Å². The zero-order valence-electron chi connectivity index (χ0n) is 11.2. The van der Waals surface area contributed by atoms with Crippen LogP contribution in [0.3, 0.4) is 0 Å². The Morgan fingerprint density at radius 2 is 2.29 bits per heavy atom. The summed E-state index contributed by atoms with van der Waals surface area (Å²) in [6.45, 7) is 0.359. The molecule has 0 amide bonds. The smallest absolute Gasteiger partial charge is 0.358 e. The van der Waals surface area contributed by atoms with Crippen molar-refractivity contribution in [3.63, 3.8) is 0 Å². The summed E-state index contributed by atoms with van der Waals surface area (Å²) < 4.78 is 20.2. The quantitative estimate of drug-likeness (QED) is 0.882. The van der Waals surface area contributed by atoms with Gasteiger partial charge < -0.3 is 9.84 Å². The Bertz CT molecular complexity index is 660. The Labute approximate surface area is 125 Å². The average molecular weight is 314 g/mol. The molecule has 1 aromatic carbocycles. The molecule has 0 aliphatic rings. The SMILES string of the molecule is COCCc1c(C(=O)O)nnn1Cc1cccc(Cl)c1F. The largest absolute Gasteiger partial charge is 0.476 e. The highest BCUT2D eigenvalue weighted by Crippen LogP contribution is 2.19. The van der Waals surface area contributed by atoms with Crippen LogP contribution in [0.5, 0.6) is 0 Å². The summed E-state index contributed by atoms with van der Waals surface area (Å²) in [4.78, 5) is 11.1. The van der Waals surface area contributed by atoms with Gasteiger partial charge in [-0.1, -0.05) is 28.9 Å². The molecule has 1 heterocycles. The van der Waals surface area contributed by atoms with Crippen molar-refractivity contribution in [3.8, 4) is 0 Å². The van der Waals surface area contributed by atoms with Gasteiger partial charge in [-0.2, -0.15) is 0 Å². The van der Waals surface area contributed by atoms with E-state index >= 15 is 0 Å². The lowest BCUT2D eigenvalue weighted by atomic mass is 10.2. The van der Waals surface area contributed by atoms with E-state index in [4.69, 9.17) is 21.4 Å². The summed E-state index contributed by atoms with van der Waals surface area (Å²) in [7, 11) is 1.51. The predicted octanol–water partition coefficient (Wildman–Crippen LogP) is 2.01. The van der Waals surface area contributed by atoms with Gasteiger partial charge in [-0.05, 0) is 6.07 Å². The van der Waals surface area contributed by atoms with Crippen molar-refractivity contribution >= 4 is 17.6 Å². The highest BCUT2D eigenvalue weighted by Gasteiger charge is 2.19. The van der Waals surface area contributed by atoms with Gasteiger partial charge in [0.05, 0.1) is 23.9 Å². The first-order valence-corrected chi connectivity index (χ1v) is 6.50. The number of aromatic carboxylic acids is 1. The van der Waals surface area contributed by atoms with Crippen molar-refractivity contribution in [3.05, 3.63) is 46.0 Å². The van der Waals surface area contributed by atoms with Crippen LogP contribution < -0.4 is 0 Å². The molecule has 0 atom stereocenters. The van der Waals surface area contributed by atoms with Crippen LogP contribution in [0.25, 0.3) is 0 Å². The van der Waals surface area contributed by atoms with Crippen molar-refractivity contribution in [2.24, 2.45) is 0 Å². The van der Waals surface area contributed by atoms with E-state index in [1.165, 1.54) is 17.9 Å². The van der Waals surface area contributed by atoms with Crippen LogP contribution in [0.2, 0.25) is 5.02 Å². The molecule has 21 heavy (non-hydrogen) atoms. The van der Waals surface area contributed by atoms with E-state index in [9.17, 15) is 9.18 Å². The minimum atomic E-state index is -1.18. The maximum atomic E-state index is 13.9. The number of benzene rings is 1. The number of aromatic nitrogens is 3. The molecule has 6 nitrogen and oxygen atoms in total. The standard InChI is InChI=1S/C13H13ClFN3O3/c1-21-6-5-10-12(13(19)20)16-17-18(10)7-8-3-2-4-9(14)11(8)15/h2-4H,5-7H2,1H3,(H,19,20). The van der Waals surface area contributed by atoms with Crippen molar-refractivity contribution < 1.29 is 19.0 Å².